The minimum absolute atomic E-state index is 0.0669. The average Bonchev–Trinajstić information content (AvgIpc) is 2.68. The maximum absolute atomic E-state index is 13.2. The number of piperidine rings is 1. The van der Waals surface area contributed by atoms with Gasteiger partial charge in [0.15, 0.2) is 6.10 Å². The highest BCUT2D eigenvalue weighted by molar-refractivity contribution is 5.86. The highest BCUT2D eigenvalue weighted by Crippen LogP contribution is 2.34. The second-order valence-electron chi connectivity index (χ2n) is 7.69. The number of hydrogen-bond acceptors (Lipinski definition) is 5. The Labute approximate surface area is 159 Å². The van der Waals surface area contributed by atoms with E-state index in [1.165, 1.54) is 0 Å². The summed E-state index contributed by atoms with van der Waals surface area (Å²) < 4.78 is 5.74. The molecule has 0 unspecified atom stereocenters. The third kappa shape index (κ3) is 4.00. The third-order valence-corrected chi connectivity index (χ3v) is 5.50. The Morgan fingerprint density at radius 3 is 2.44 bits per heavy atom. The molecule has 7 nitrogen and oxygen atoms in total. The maximum Gasteiger partial charge on any atom is 0.254 e. The molecule has 0 aliphatic carbocycles. The summed E-state index contributed by atoms with van der Waals surface area (Å²) in [5.74, 6) is -0.307. The van der Waals surface area contributed by atoms with E-state index in [4.69, 9.17) is 4.74 Å². The average molecular weight is 376 g/mol. The van der Waals surface area contributed by atoms with E-state index >= 15 is 0 Å². The van der Waals surface area contributed by atoms with Crippen molar-refractivity contribution in [3.63, 3.8) is 0 Å². The zero-order chi connectivity index (χ0) is 19.6. The Kier molecular flexibility index (Phi) is 5.83. The first-order valence-electron chi connectivity index (χ1n) is 9.46. The molecule has 27 heavy (non-hydrogen) atoms. The number of nitrogens with zero attached hydrogens (tertiary/aromatic N) is 2. The summed E-state index contributed by atoms with van der Waals surface area (Å²) in [6.45, 7) is 4.15. The molecular formula is C20H28N2O5. The number of rotatable bonds is 4. The molecule has 0 spiro atoms. The van der Waals surface area contributed by atoms with E-state index in [-0.39, 0.29) is 31.1 Å². The van der Waals surface area contributed by atoms with Crippen molar-refractivity contribution in [3.05, 3.63) is 35.9 Å². The van der Waals surface area contributed by atoms with E-state index in [2.05, 4.69) is 0 Å². The molecule has 0 radical (unpaired) electrons. The van der Waals surface area contributed by atoms with Crippen LogP contribution < -0.4 is 0 Å². The van der Waals surface area contributed by atoms with Crippen molar-refractivity contribution in [3.8, 4) is 0 Å². The van der Waals surface area contributed by atoms with Crippen molar-refractivity contribution in [1.82, 2.24) is 9.80 Å². The van der Waals surface area contributed by atoms with E-state index in [9.17, 15) is 19.8 Å². The molecule has 2 amide bonds. The molecular weight excluding hydrogens is 348 g/mol. The van der Waals surface area contributed by atoms with Crippen molar-refractivity contribution in [1.29, 1.82) is 0 Å². The van der Waals surface area contributed by atoms with Gasteiger partial charge in [-0.15, -0.1) is 0 Å². The van der Waals surface area contributed by atoms with Crippen LogP contribution in [0.4, 0.5) is 0 Å². The molecule has 0 aromatic heterocycles. The van der Waals surface area contributed by atoms with Crippen LogP contribution in [0, 0.1) is 0 Å². The van der Waals surface area contributed by atoms with Crippen molar-refractivity contribution in [2.75, 3.05) is 26.3 Å². The zero-order valence-electron chi connectivity index (χ0n) is 15.9. The Morgan fingerprint density at radius 2 is 1.89 bits per heavy atom. The van der Waals surface area contributed by atoms with Crippen LogP contribution in [0.3, 0.4) is 0 Å². The maximum atomic E-state index is 13.2. The number of carbonyl (C=O) groups is 2. The number of likely N-dealkylation sites (tertiary alicyclic amines) is 1. The molecule has 148 valence electrons. The lowest BCUT2D eigenvalue weighted by Crippen LogP contribution is -2.58. The molecule has 2 aliphatic rings. The molecule has 3 rings (SSSR count). The Balaban J connectivity index is 1.86. The van der Waals surface area contributed by atoms with Gasteiger partial charge in [0.05, 0.1) is 18.2 Å². The number of aliphatic hydroxyl groups is 2. The van der Waals surface area contributed by atoms with E-state index in [0.717, 1.165) is 5.56 Å². The van der Waals surface area contributed by atoms with Crippen LogP contribution in [0.1, 0.15) is 38.3 Å². The topological polar surface area (TPSA) is 90.3 Å². The van der Waals surface area contributed by atoms with Crippen LogP contribution in [0.2, 0.25) is 0 Å². The fourth-order valence-corrected chi connectivity index (χ4v) is 3.91. The second kappa shape index (κ2) is 7.96. The SMILES string of the molecule is CC(C)N1C(=O)CO[C@H](C(=O)N2CCC(O)(CO)CC2)[C@H]1c1ccccc1. The minimum Gasteiger partial charge on any atom is -0.393 e. The summed E-state index contributed by atoms with van der Waals surface area (Å²) in [7, 11) is 0. The lowest BCUT2D eigenvalue weighted by molar-refractivity contribution is -0.174. The van der Waals surface area contributed by atoms with Crippen molar-refractivity contribution in [2.45, 2.75) is 50.5 Å². The number of morpholine rings is 1. The van der Waals surface area contributed by atoms with Crippen molar-refractivity contribution in [2.24, 2.45) is 0 Å². The number of amides is 2. The van der Waals surface area contributed by atoms with Gasteiger partial charge >= 0.3 is 0 Å². The molecule has 2 saturated heterocycles. The molecule has 2 aliphatic heterocycles. The van der Waals surface area contributed by atoms with Gasteiger partial charge < -0.3 is 24.7 Å². The van der Waals surface area contributed by atoms with E-state index < -0.39 is 17.7 Å². The molecule has 0 saturated carbocycles. The summed E-state index contributed by atoms with van der Waals surface area (Å²) in [6.07, 6.45) is -0.136. The van der Waals surface area contributed by atoms with Crippen LogP contribution in [-0.2, 0) is 14.3 Å². The largest absolute Gasteiger partial charge is 0.393 e. The van der Waals surface area contributed by atoms with Crippen LogP contribution in [0.5, 0.6) is 0 Å². The quantitative estimate of drug-likeness (QED) is 0.808. The highest BCUT2D eigenvalue weighted by Gasteiger charge is 2.45. The molecule has 2 N–H and O–H groups in total. The van der Waals surface area contributed by atoms with E-state index in [1.807, 2.05) is 44.2 Å². The summed E-state index contributed by atoms with van der Waals surface area (Å²) in [4.78, 5) is 29.1. The van der Waals surface area contributed by atoms with Gasteiger partial charge in [-0.1, -0.05) is 30.3 Å². The lowest BCUT2D eigenvalue weighted by atomic mass is 9.90. The fourth-order valence-electron chi connectivity index (χ4n) is 3.91. The molecule has 7 heteroatoms. The van der Waals surface area contributed by atoms with Crippen LogP contribution >= 0.6 is 0 Å². The second-order valence-corrected chi connectivity index (χ2v) is 7.69. The molecule has 0 bridgehead atoms. The van der Waals surface area contributed by atoms with Gasteiger partial charge in [0, 0.05) is 19.1 Å². The summed E-state index contributed by atoms with van der Waals surface area (Å²) in [5.41, 5.74) is -0.260. The molecule has 2 atom stereocenters. The molecule has 2 heterocycles. The first-order valence-corrected chi connectivity index (χ1v) is 9.46. The van der Waals surface area contributed by atoms with Crippen LogP contribution in [-0.4, -0.2) is 75.9 Å². The Hall–Kier alpha value is -1.96. The third-order valence-electron chi connectivity index (χ3n) is 5.50. The Bertz CT molecular complexity index is 670. The first kappa shape index (κ1) is 19.8. The van der Waals surface area contributed by atoms with Gasteiger partial charge in [-0.05, 0) is 32.3 Å². The number of hydrogen-bond donors (Lipinski definition) is 2. The van der Waals surface area contributed by atoms with Crippen LogP contribution in [0.15, 0.2) is 30.3 Å². The number of aliphatic hydroxyl groups excluding tert-OH is 1. The smallest absolute Gasteiger partial charge is 0.254 e. The molecule has 2 fully saturated rings. The van der Waals surface area contributed by atoms with E-state index in [0.29, 0.717) is 25.9 Å². The Morgan fingerprint density at radius 1 is 1.26 bits per heavy atom. The standard InChI is InChI=1S/C20H28N2O5/c1-14(2)22-16(24)12-27-18(17(22)15-6-4-3-5-7-15)19(25)21-10-8-20(26,13-23)9-11-21/h3-7,14,17-18,23,26H,8-13H2,1-2H3/t17-,18+/m1/s1. The van der Waals surface area contributed by atoms with Gasteiger partial charge in [0.25, 0.3) is 5.91 Å². The minimum atomic E-state index is -1.12. The number of carbonyl (C=O) groups excluding carboxylic acids is 2. The lowest BCUT2D eigenvalue weighted by Gasteiger charge is -2.45. The predicted molar refractivity (Wildman–Crippen MR) is 98.8 cm³/mol. The van der Waals surface area contributed by atoms with Gasteiger partial charge in [-0.25, -0.2) is 0 Å². The van der Waals surface area contributed by atoms with E-state index in [1.54, 1.807) is 9.80 Å². The number of benzene rings is 1. The number of ether oxygens (including phenoxy) is 1. The highest BCUT2D eigenvalue weighted by atomic mass is 16.5. The fraction of sp³-hybridized carbons (Fsp3) is 0.600. The summed E-state index contributed by atoms with van der Waals surface area (Å²) in [5, 5.41) is 19.5. The van der Waals surface area contributed by atoms with Crippen molar-refractivity contribution < 1.29 is 24.5 Å². The van der Waals surface area contributed by atoms with Crippen LogP contribution in [0.25, 0.3) is 0 Å². The molecule has 1 aromatic carbocycles. The zero-order valence-corrected chi connectivity index (χ0v) is 15.9. The predicted octanol–water partition coefficient (Wildman–Crippen LogP) is 0.709. The summed E-state index contributed by atoms with van der Waals surface area (Å²) >= 11 is 0. The first-order chi connectivity index (χ1) is 12.9. The monoisotopic (exact) mass is 376 g/mol. The van der Waals surface area contributed by atoms with Gasteiger partial charge in [-0.2, -0.15) is 0 Å². The van der Waals surface area contributed by atoms with Gasteiger partial charge in [0.1, 0.15) is 6.61 Å². The van der Waals surface area contributed by atoms with Gasteiger partial charge in [-0.3, -0.25) is 9.59 Å². The summed E-state index contributed by atoms with van der Waals surface area (Å²) in [6, 6.07) is 8.92. The normalized spacial score (nSPS) is 25.7. The molecule has 1 aromatic rings. The van der Waals surface area contributed by atoms with Crippen molar-refractivity contribution >= 4 is 11.8 Å². The van der Waals surface area contributed by atoms with Gasteiger partial charge in [0.2, 0.25) is 5.91 Å².